The topological polar surface area (TPSA) is 74.7 Å². The Labute approximate surface area is 179 Å². The minimum atomic E-state index is -2.81. The fourth-order valence-corrected chi connectivity index (χ4v) is 4.99. The summed E-state index contributed by atoms with van der Waals surface area (Å²) in [5, 5.41) is 11.6. The minimum absolute atomic E-state index is 0.119. The first-order valence-corrected chi connectivity index (χ1v) is 11.3. The molecule has 2 aromatic rings. The lowest BCUT2D eigenvalue weighted by atomic mass is 9.96. The second-order valence-corrected chi connectivity index (χ2v) is 8.69. The van der Waals surface area contributed by atoms with Crippen LogP contribution in [0.1, 0.15) is 39.5 Å². The molecule has 0 saturated heterocycles. The van der Waals surface area contributed by atoms with Gasteiger partial charge in [-0.3, -0.25) is 4.79 Å². The summed E-state index contributed by atoms with van der Waals surface area (Å²) in [6.45, 7) is 6.68. The normalized spacial score (nSPS) is 18.4. The van der Waals surface area contributed by atoms with Crippen molar-refractivity contribution in [2.75, 3.05) is 4.90 Å². The molecular weight excluding hydrogens is 398 g/mol. The summed E-state index contributed by atoms with van der Waals surface area (Å²) < 4.78 is 24.6. The van der Waals surface area contributed by atoms with Gasteiger partial charge in [-0.25, -0.2) is 8.42 Å². The maximum atomic E-state index is 12.6. The first-order valence-electron chi connectivity index (χ1n) is 10.0. The highest BCUT2D eigenvalue weighted by molar-refractivity contribution is 7.73. The van der Waals surface area contributed by atoms with E-state index in [1.165, 1.54) is 13.8 Å². The molecule has 1 heterocycles. The molecule has 1 aliphatic rings. The van der Waals surface area contributed by atoms with Gasteiger partial charge in [-0.15, -0.1) is 6.58 Å². The van der Waals surface area contributed by atoms with Crippen molar-refractivity contribution < 1.29 is 18.3 Å². The molecule has 1 N–H and O–H groups in total. The predicted molar refractivity (Wildman–Crippen MR) is 122 cm³/mol. The van der Waals surface area contributed by atoms with E-state index in [0.29, 0.717) is 37.1 Å². The Morgan fingerprint density at radius 2 is 1.90 bits per heavy atom. The molecule has 0 spiro atoms. The van der Waals surface area contributed by atoms with Crippen molar-refractivity contribution in [1.29, 1.82) is 0 Å². The smallest absolute Gasteiger partial charge is 0.165 e. The Balaban J connectivity index is 2.36. The number of Topliss-reactive ketones (excluding diaryl/α,β-unsaturated/α-hetero) is 1. The van der Waals surface area contributed by atoms with Crippen molar-refractivity contribution in [2.45, 2.75) is 44.9 Å². The summed E-state index contributed by atoms with van der Waals surface area (Å²) in [4.78, 5) is 14.3. The highest BCUT2D eigenvalue weighted by Crippen LogP contribution is 2.38. The molecule has 6 heteroatoms. The van der Waals surface area contributed by atoms with E-state index in [-0.39, 0.29) is 17.1 Å². The molecule has 158 valence electrons. The number of thiol groups is 1. The second-order valence-electron chi connectivity index (χ2n) is 7.52. The molecule has 0 aliphatic carbocycles. The van der Waals surface area contributed by atoms with Gasteiger partial charge in [0.25, 0.3) is 0 Å². The van der Waals surface area contributed by atoms with Crippen molar-refractivity contribution >= 4 is 32.9 Å². The highest BCUT2D eigenvalue weighted by atomic mass is 32.2. The number of benzene rings is 2. The van der Waals surface area contributed by atoms with E-state index in [1.54, 1.807) is 11.0 Å². The second kappa shape index (κ2) is 9.30. The van der Waals surface area contributed by atoms with Crippen LogP contribution in [-0.2, 0) is 15.5 Å². The number of carbonyl (C=O) groups is 1. The van der Waals surface area contributed by atoms with Gasteiger partial charge in [-0.2, -0.15) is 0 Å². The Kier molecular flexibility index (Phi) is 6.77. The summed E-state index contributed by atoms with van der Waals surface area (Å²) in [7, 11) is -2.81. The Bertz CT molecular complexity index is 1110. The van der Waals surface area contributed by atoms with Gasteiger partial charge in [0.2, 0.25) is 0 Å². The number of allylic oxidation sites excluding steroid dienone is 4. The van der Waals surface area contributed by atoms with Gasteiger partial charge in [-0.1, -0.05) is 36.4 Å². The number of aliphatic hydroxyl groups is 1. The molecule has 2 aromatic carbocycles. The molecule has 1 aliphatic heterocycles. The lowest BCUT2D eigenvalue weighted by Crippen LogP contribution is -2.37. The van der Waals surface area contributed by atoms with E-state index in [4.69, 9.17) is 0 Å². The van der Waals surface area contributed by atoms with Crippen molar-refractivity contribution in [3.63, 3.8) is 0 Å². The van der Waals surface area contributed by atoms with Crippen LogP contribution in [0.15, 0.2) is 77.7 Å². The van der Waals surface area contributed by atoms with Crippen molar-refractivity contribution in [2.24, 2.45) is 0 Å². The third kappa shape index (κ3) is 4.33. The molecule has 0 saturated carbocycles. The molecule has 1 unspecified atom stereocenters. The van der Waals surface area contributed by atoms with Gasteiger partial charge in [-0.05, 0) is 68.0 Å². The first-order chi connectivity index (χ1) is 14.3. The number of ketones is 1. The SMILES string of the molecule is C=CCC1=C(C(C(C)=O)=C(C)O)N(c2ccc3ccccc3c2)C([SH](=O)=O)CCC1. The molecule has 5 nitrogen and oxygen atoms in total. The van der Waals surface area contributed by atoms with Crippen LogP contribution in [0.5, 0.6) is 0 Å². The largest absolute Gasteiger partial charge is 0.512 e. The van der Waals surface area contributed by atoms with Gasteiger partial charge in [0.15, 0.2) is 16.5 Å². The van der Waals surface area contributed by atoms with Crippen LogP contribution in [0.3, 0.4) is 0 Å². The van der Waals surface area contributed by atoms with E-state index in [9.17, 15) is 18.3 Å². The molecule has 0 radical (unpaired) electrons. The van der Waals surface area contributed by atoms with Crippen LogP contribution < -0.4 is 4.90 Å². The van der Waals surface area contributed by atoms with Crippen LogP contribution in [0, 0.1) is 0 Å². The van der Waals surface area contributed by atoms with Crippen molar-refractivity contribution in [1.82, 2.24) is 0 Å². The maximum Gasteiger partial charge on any atom is 0.165 e. The van der Waals surface area contributed by atoms with Crippen LogP contribution in [0.25, 0.3) is 10.8 Å². The number of anilines is 1. The lowest BCUT2D eigenvalue weighted by molar-refractivity contribution is -0.113. The van der Waals surface area contributed by atoms with E-state index >= 15 is 0 Å². The number of carbonyl (C=O) groups excluding carboxylic acids is 1. The quantitative estimate of drug-likeness (QED) is 0.294. The minimum Gasteiger partial charge on any atom is -0.512 e. The molecule has 0 aromatic heterocycles. The van der Waals surface area contributed by atoms with Gasteiger partial charge in [0.1, 0.15) is 11.1 Å². The van der Waals surface area contributed by atoms with E-state index < -0.39 is 16.1 Å². The molecule has 1 atom stereocenters. The summed E-state index contributed by atoms with van der Waals surface area (Å²) in [5.74, 6) is -0.425. The van der Waals surface area contributed by atoms with E-state index in [1.807, 2.05) is 42.5 Å². The van der Waals surface area contributed by atoms with Crippen molar-refractivity contribution in [3.05, 3.63) is 77.7 Å². The fourth-order valence-electron chi connectivity index (χ4n) is 4.16. The first kappa shape index (κ1) is 21.8. The zero-order chi connectivity index (χ0) is 21.8. The molecule has 3 rings (SSSR count). The highest BCUT2D eigenvalue weighted by Gasteiger charge is 2.33. The Morgan fingerprint density at radius 1 is 1.20 bits per heavy atom. The zero-order valence-corrected chi connectivity index (χ0v) is 18.2. The summed E-state index contributed by atoms with van der Waals surface area (Å²) >= 11 is 0. The zero-order valence-electron chi connectivity index (χ0n) is 17.3. The van der Waals surface area contributed by atoms with Crippen LogP contribution in [-0.4, -0.2) is 24.7 Å². The lowest BCUT2D eigenvalue weighted by Gasteiger charge is -2.33. The summed E-state index contributed by atoms with van der Waals surface area (Å²) in [5.41, 5.74) is 2.22. The Morgan fingerprint density at radius 3 is 2.50 bits per heavy atom. The molecule has 0 bridgehead atoms. The average Bonchev–Trinajstić information content (AvgIpc) is 2.88. The third-order valence-corrected chi connectivity index (χ3v) is 6.39. The van der Waals surface area contributed by atoms with Crippen LogP contribution in [0.2, 0.25) is 0 Å². The monoisotopic (exact) mass is 425 g/mol. The van der Waals surface area contributed by atoms with Gasteiger partial charge >= 0.3 is 0 Å². The Hall–Kier alpha value is -2.86. The summed E-state index contributed by atoms with van der Waals surface area (Å²) in [6, 6.07) is 13.6. The summed E-state index contributed by atoms with van der Waals surface area (Å²) in [6.07, 6.45) is 3.99. The number of fused-ring (bicyclic) bond motifs is 1. The molecule has 0 amide bonds. The predicted octanol–water partition coefficient (Wildman–Crippen LogP) is 5.02. The van der Waals surface area contributed by atoms with Crippen LogP contribution >= 0.6 is 0 Å². The van der Waals surface area contributed by atoms with E-state index in [2.05, 4.69) is 6.58 Å². The molecule has 0 fully saturated rings. The molecular formula is C24H27NO4S. The molecule has 30 heavy (non-hydrogen) atoms. The average molecular weight is 426 g/mol. The van der Waals surface area contributed by atoms with Crippen molar-refractivity contribution in [3.8, 4) is 0 Å². The maximum absolute atomic E-state index is 12.6. The van der Waals surface area contributed by atoms with E-state index in [0.717, 1.165) is 16.3 Å². The van der Waals surface area contributed by atoms with Gasteiger partial charge < -0.3 is 10.0 Å². The fraction of sp³-hybridized carbons (Fsp3) is 0.292. The number of nitrogens with zero attached hydrogens (tertiary/aromatic N) is 1. The van der Waals surface area contributed by atoms with Gasteiger partial charge in [0, 0.05) is 5.69 Å². The number of rotatable bonds is 6. The number of hydrogen-bond acceptors (Lipinski definition) is 5. The number of hydrogen-bond donors (Lipinski definition) is 2. The van der Waals surface area contributed by atoms with Gasteiger partial charge in [0.05, 0.1) is 11.3 Å². The third-order valence-electron chi connectivity index (χ3n) is 5.41. The van der Waals surface area contributed by atoms with Crippen LogP contribution in [0.4, 0.5) is 5.69 Å². The number of aliphatic hydroxyl groups excluding tert-OH is 1. The standard InChI is InChI=1S/C24H27NO4S/c1-4-8-19-11-7-12-22(30(28)29)25(24(19)23(16(2)26)17(3)27)21-14-13-18-9-5-6-10-20(18)15-21/h4-6,9-10,13-15,22,26,30H,1,7-8,11-12H2,2-3H3.